The first kappa shape index (κ1) is 47.2. The standard InChI is InChI=1S/C71H68BN3/c1-46-37-50(48-23-15-11-16-24-48)32-34-61(46)74-63-39-51(49-25-17-12-18-26-49)31-33-59(63)72-60-42-56-58(71(9,10)45-70(56,7)8)44-64(60)75(62-43-57-55(38-47(62)2)68(3,4)35-36-69(57,5)6)66-41-54(40-65(74)67(66)72)73(52-27-19-13-20-28-52)53-29-21-14-22-30-53/h11-34,37-44H,35-36,45H2,1-10H3. The fourth-order valence-corrected chi connectivity index (χ4v) is 14.2. The van der Waals surface area contributed by atoms with Gasteiger partial charge in [0.25, 0.3) is 6.71 Å². The molecule has 0 fully saturated rings. The lowest BCUT2D eigenvalue weighted by molar-refractivity contribution is 0.332. The highest BCUT2D eigenvalue weighted by atomic mass is 15.2. The van der Waals surface area contributed by atoms with Gasteiger partial charge < -0.3 is 14.7 Å². The van der Waals surface area contributed by atoms with E-state index < -0.39 is 0 Å². The molecule has 0 unspecified atom stereocenters. The molecule has 0 atom stereocenters. The van der Waals surface area contributed by atoms with Crippen molar-refractivity contribution in [2.45, 2.75) is 110 Å². The van der Waals surface area contributed by atoms with E-state index in [4.69, 9.17) is 0 Å². The Labute approximate surface area is 446 Å². The number of nitrogens with zero attached hydrogens (tertiary/aromatic N) is 3. The summed E-state index contributed by atoms with van der Waals surface area (Å²) >= 11 is 0. The van der Waals surface area contributed by atoms with Crippen LogP contribution in [0.5, 0.6) is 0 Å². The van der Waals surface area contributed by atoms with Gasteiger partial charge in [0.05, 0.1) is 5.69 Å². The molecule has 0 amide bonds. The molecule has 0 saturated carbocycles. The van der Waals surface area contributed by atoms with Crippen molar-refractivity contribution >= 4 is 74.3 Å². The Morgan fingerprint density at radius 3 is 1.35 bits per heavy atom. The summed E-state index contributed by atoms with van der Waals surface area (Å²) in [6, 6.07) is 73.7. The van der Waals surface area contributed by atoms with E-state index in [-0.39, 0.29) is 28.4 Å². The predicted octanol–water partition coefficient (Wildman–Crippen LogP) is 17.5. The molecule has 13 rings (SSSR count). The summed E-state index contributed by atoms with van der Waals surface area (Å²) in [5.41, 5.74) is 28.1. The van der Waals surface area contributed by atoms with Crippen molar-refractivity contribution in [3.63, 3.8) is 0 Å². The summed E-state index contributed by atoms with van der Waals surface area (Å²) < 4.78 is 0. The molecule has 3 nitrogen and oxygen atoms in total. The zero-order valence-corrected chi connectivity index (χ0v) is 45.5. The normalized spacial score (nSPS) is 16.9. The third-order valence-electron chi connectivity index (χ3n) is 17.9. The number of benzene rings is 9. The minimum absolute atomic E-state index is 0.00353. The van der Waals surface area contributed by atoms with Gasteiger partial charge in [-0.3, -0.25) is 0 Å². The summed E-state index contributed by atoms with van der Waals surface area (Å²) in [4.78, 5) is 7.83. The largest absolute Gasteiger partial charge is 0.311 e. The smallest absolute Gasteiger partial charge is 0.252 e. The van der Waals surface area contributed by atoms with Crippen molar-refractivity contribution in [1.29, 1.82) is 0 Å². The monoisotopic (exact) mass is 974 g/mol. The van der Waals surface area contributed by atoms with Crippen LogP contribution in [0.1, 0.15) is 108 Å². The Morgan fingerprint density at radius 2 is 0.787 bits per heavy atom. The molecule has 4 heteroatoms. The molecule has 4 aliphatic rings. The maximum Gasteiger partial charge on any atom is 0.252 e. The van der Waals surface area contributed by atoms with Crippen LogP contribution in [0.25, 0.3) is 22.3 Å². The first-order chi connectivity index (χ1) is 36.0. The van der Waals surface area contributed by atoms with Gasteiger partial charge >= 0.3 is 0 Å². The third-order valence-corrected chi connectivity index (χ3v) is 17.9. The minimum Gasteiger partial charge on any atom is -0.311 e. The highest BCUT2D eigenvalue weighted by Crippen LogP contribution is 2.56. The Balaban J connectivity index is 1.18. The van der Waals surface area contributed by atoms with Gasteiger partial charge in [-0.2, -0.15) is 0 Å². The van der Waals surface area contributed by atoms with E-state index in [0.29, 0.717) is 0 Å². The molecule has 0 radical (unpaired) electrons. The van der Waals surface area contributed by atoms with Crippen LogP contribution in [0.15, 0.2) is 194 Å². The quantitative estimate of drug-likeness (QED) is 0.147. The molecule has 0 bridgehead atoms. The van der Waals surface area contributed by atoms with E-state index in [9.17, 15) is 0 Å². The van der Waals surface area contributed by atoms with Crippen molar-refractivity contribution < 1.29 is 0 Å². The van der Waals surface area contributed by atoms with E-state index in [2.05, 4.69) is 278 Å². The van der Waals surface area contributed by atoms with Crippen LogP contribution in [0.4, 0.5) is 51.2 Å². The predicted molar refractivity (Wildman–Crippen MR) is 321 cm³/mol. The maximum absolute atomic E-state index is 2.73. The van der Waals surface area contributed by atoms with Gasteiger partial charge in [0, 0.05) is 45.5 Å². The molecule has 75 heavy (non-hydrogen) atoms. The van der Waals surface area contributed by atoms with Crippen LogP contribution in [-0.2, 0) is 21.7 Å². The van der Waals surface area contributed by atoms with Gasteiger partial charge in [-0.05, 0) is 194 Å². The molecular weight excluding hydrogens is 906 g/mol. The second-order valence-corrected chi connectivity index (χ2v) is 24.9. The van der Waals surface area contributed by atoms with Gasteiger partial charge in [-0.15, -0.1) is 0 Å². The summed E-state index contributed by atoms with van der Waals surface area (Å²) in [6.07, 6.45) is 3.42. The van der Waals surface area contributed by atoms with Crippen LogP contribution in [0, 0.1) is 13.8 Å². The molecule has 0 N–H and O–H groups in total. The van der Waals surface area contributed by atoms with Gasteiger partial charge in [0.1, 0.15) is 0 Å². The molecular formula is C71H68BN3. The van der Waals surface area contributed by atoms with Gasteiger partial charge in [0.15, 0.2) is 0 Å². The molecule has 370 valence electrons. The molecule has 0 saturated heterocycles. The number of rotatable bonds is 7. The van der Waals surface area contributed by atoms with Crippen LogP contribution < -0.4 is 31.1 Å². The summed E-state index contributed by atoms with van der Waals surface area (Å²) in [6.45, 7) is 24.4. The molecule has 2 heterocycles. The van der Waals surface area contributed by atoms with E-state index >= 15 is 0 Å². The van der Waals surface area contributed by atoms with E-state index in [1.54, 1.807) is 0 Å². The van der Waals surface area contributed by atoms with Gasteiger partial charge in [-0.25, -0.2) is 0 Å². The molecule has 9 aromatic carbocycles. The number of fused-ring (bicyclic) bond motifs is 6. The number of aryl methyl sites for hydroxylation is 2. The number of anilines is 9. The van der Waals surface area contributed by atoms with Crippen LogP contribution in [0.2, 0.25) is 0 Å². The highest BCUT2D eigenvalue weighted by molar-refractivity contribution is 7.00. The maximum atomic E-state index is 2.73. The Kier molecular flexibility index (Phi) is 10.7. The molecule has 2 aliphatic heterocycles. The lowest BCUT2D eigenvalue weighted by atomic mass is 9.33. The number of hydrogen-bond acceptors (Lipinski definition) is 3. The van der Waals surface area contributed by atoms with Crippen molar-refractivity contribution in [2.75, 3.05) is 14.7 Å². The zero-order chi connectivity index (χ0) is 51.8. The van der Waals surface area contributed by atoms with Crippen molar-refractivity contribution in [2.24, 2.45) is 0 Å². The van der Waals surface area contributed by atoms with Crippen LogP contribution in [0.3, 0.4) is 0 Å². The lowest BCUT2D eigenvalue weighted by Crippen LogP contribution is -2.61. The second-order valence-electron chi connectivity index (χ2n) is 24.9. The van der Waals surface area contributed by atoms with Crippen LogP contribution >= 0.6 is 0 Å². The SMILES string of the molecule is Cc1cc(-c2ccccc2)ccc1N1c2cc(-c3ccccc3)ccc2B2c3cc4c(cc3N(c3cc5c(cc3C)C(C)(C)CCC5(C)C)c3cc(N(c5ccccc5)c5ccccc5)cc1c32)C(C)(C)CC4(C)C. The van der Waals surface area contributed by atoms with Gasteiger partial charge in [-0.1, -0.05) is 183 Å². The van der Waals surface area contributed by atoms with Crippen molar-refractivity contribution in [1.82, 2.24) is 0 Å². The Hall–Kier alpha value is -7.56. The van der Waals surface area contributed by atoms with Gasteiger partial charge in [0.2, 0.25) is 0 Å². The van der Waals surface area contributed by atoms with E-state index in [0.717, 1.165) is 29.9 Å². The highest BCUT2D eigenvalue weighted by Gasteiger charge is 2.49. The van der Waals surface area contributed by atoms with E-state index in [1.165, 1.54) is 113 Å². The first-order valence-electron chi connectivity index (χ1n) is 27.4. The van der Waals surface area contributed by atoms with Crippen molar-refractivity contribution in [3.8, 4) is 22.3 Å². The summed E-state index contributed by atoms with van der Waals surface area (Å²) in [5.74, 6) is 0. The minimum atomic E-state index is -0.0460. The summed E-state index contributed by atoms with van der Waals surface area (Å²) in [7, 11) is 0. The van der Waals surface area contributed by atoms with E-state index in [1.807, 2.05) is 0 Å². The fraction of sp³-hybridized carbons (Fsp3) is 0.239. The molecule has 0 spiro atoms. The average molecular weight is 974 g/mol. The first-order valence-corrected chi connectivity index (χ1v) is 27.4. The zero-order valence-electron chi connectivity index (χ0n) is 45.5. The third kappa shape index (κ3) is 7.53. The molecule has 0 aromatic heterocycles. The fourth-order valence-electron chi connectivity index (χ4n) is 14.2. The Morgan fingerprint density at radius 1 is 0.347 bits per heavy atom. The Bertz CT molecular complexity index is 3680. The summed E-state index contributed by atoms with van der Waals surface area (Å²) in [5, 5.41) is 0. The molecule has 2 aliphatic carbocycles. The topological polar surface area (TPSA) is 9.72 Å². The molecule has 9 aromatic rings. The van der Waals surface area contributed by atoms with Crippen LogP contribution in [-0.4, -0.2) is 6.71 Å². The number of hydrogen-bond donors (Lipinski definition) is 0. The second kappa shape index (κ2) is 17.0. The average Bonchev–Trinajstić information content (AvgIpc) is 3.69. The van der Waals surface area contributed by atoms with Crippen molar-refractivity contribution in [3.05, 3.63) is 228 Å². The number of para-hydroxylation sites is 2. The lowest BCUT2D eigenvalue weighted by Gasteiger charge is -2.47.